The number of hydrogen-bond acceptors (Lipinski definition) is 4. The van der Waals surface area contributed by atoms with Crippen molar-refractivity contribution in [3.05, 3.63) is 71.4 Å². The Morgan fingerprint density at radius 3 is 2.73 bits per heavy atom. The van der Waals surface area contributed by atoms with Crippen molar-refractivity contribution in [2.45, 2.75) is 38.8 Å². The first-order valence-electron chi connectivity index (χ1n) is 10.3. The summed E-state index contributed by atoms with van der Waals surface area (Å²) < 4.78 is 5.29. The molecule has 6 nitrogen and oxygen atoms in total. The van der Waals surface area contributed by atoms with Crippen molar-refractivity contribution in [3.63, 3.8) is 0 Å². The van der Waals surface area contributed by atoms with Crippen LogP contribution in [-0.4, -0.2) is 28.7 Å². The van der Waals surface area contributed by atoms with Crippen molar-refractivity contribution < 1.29 is 14.7 Å². The van der Waals surface area contributed by atoms with Gasteiger partial charge in [-0.1, -0.05) is 36.4 Å². The lowest BCUT2D eigenvalue weighted by atomic mass is 9.89. The highest BCUT2D eigenvalue weighted by molar-refractivity contribution is 5.94. The molecule has 1 atom stereocenters. The summed E-state index contributed by atoms with van der Waals surface area (Å²) in [5, 5.41) is 13.4. The Balaban J connectivity index is 1.32. The maximum absolute atomic E-state index is 11.0. The maximum Gasteiger partial charge on any atom is 0.281 e. The van der Waals surface area contributed by atoms with Crippen molar-refractivity contribution in [1.82, 2.24) is 15.8 Å². The van der Waals surface area contributed by atoms with E-state index in [-0.39, 0.29) is 6.61 Å². The predicted molar refractivity (Wildman–Crippen MR) is 117 cm³/mol. The molecule has 0 aliphatic heterocycles. The van der Waals surface area contributed by atoms with Crippen LogP contribution in [0.5, 0.6) is 5.75 Å². The summed E-state index contributed by atoms with van der Waals surface area (Å²) in [4.78, 5) is 14.5. The van der Waals surface area contributed by atoms with E-state index in [1.807, 2.05) is 24.3 Å². The van der Waals surface area contributed by atoms with Crippen LogP contribution in [0.25, 0.3) is 16.5 Å². The van der Waals surface area contributed by atoms with Gasteiger partial charge in [0.05, 0.1) is 0 Å². The molecule has 0 spiro atoms. The Bertz CT molecular complexity index is 1050. The normalized spacial score (nSPS) is 16.3. The lowest BCUT2D eigenvalue weighted by molar-refractivity contribution is -0.131. The van der Waals surface area contributed by atoms with Crippen LogP contribution in [-0.2, 0) is 11.3 Å². The number of allylic oxidation sites excluding steroid dienone is 1. The first-order chi connectivity index (χ1) is 14.6. The van der Waals surface area contributed by atoms with Crippen LogP contribution in [0.4, 0.5) is 0 Å². The van der Waals surface area contributed by atoms with Gasteiger partial charge in [-0.25, -0.2) is 5.48 Å². The molecular weight excluding hydrogens is 378 g/mol. The van der Waals surface area contributed by atoms with Gasteiger partial charge in [-0.3, -0.25) is 10.0 Å². The molecule has 3 aromatic rings. The Labute approximate surface area is 175 Å². The van der Waals surface area contributed by atoms with Crippen LogP contribution in [0.15, 0.2) is 54.6 Å². The van der Waals surface area contributed by atoms with Gasteiger partial charge in [-0.05, 0) is 55.5 Å². The van der Waals surface area contributed by atoms with E-state index in [0.717, 1.165) is 31.4 Å². The number of fused-ring (bicyclic) bond motifs is 1. The average Bonchev–Trinajstić information content (AvgIpc) is 3.12. The van der Waals surface area contributed by atoms with E-state index in [4.69, 9.17) is 9.94 Å². The molecule has 0 radical (unpaired) electrons. The van der Waals surface area contributed by atoms with E-state index < -0.39 is 5.91 Å². The number of para-hydroxylation sites is 1. The van der Waals surface area contributed by atoms with Crippen LogP contribution >= 0.6 is 0 Å². The summed E-state index contributed by atoms with van der Waals surface area (Å²) in [6, 6.07) is 16.6. The van der Waals surface area contributed by atoms with E-state index in [9.17, 15) is 4.79 Å². The van der Waals surface area contributed by atoms with Gasteiger partial charge in [-0.2, -0.15) is 0 Å². The Morgan fingerprint density at radius 1 is 1.20 bits per heavy atom. The second-order valence-electron chi connectivity index (χ2n) is 7.72. The molecule has 1 aliphatic rings. The maximum atomic E-state index is 11.0. The number of carbonyl (C=O) groups excluding carboxylic acids is 1. The van der Waals surface area contributed by atoms with Gasteiger partial charge in [-0.15, -0.1) is 0 Å². The van der Waals surface area contributed by atoms with E-state index >= 15 is 0 Å². The molecule has 0 saturated carbocycles. The average molecular weight is 405 g/mol. The Hall–Kier alpha value is -3.09. The third-order valence-electron chi connectivity index (χ3n) is 5.64. The summed E-state index contributed by atoms with van der Waals surface area (Å²) in [6.07, 6.45) is 5.58. The van der Waals surface area contributed by atoms with Crippen molar-refractivity contribution in [2.75, 3.05) is 6.61 Å². The minimum Gasteiger partial charge on any atom is -0.484 e. The molecule has 1 aromatic heterocycles. The van der Waals surface area contributed by atoms with Gasteiger partial charge in [0.2, 0.25) is 0 Å². The predicted octanol–water partition coefficient (Wildman–Crippen LogP) is 4.09. The molecule has 30 heavy (non-hydrogen) atoms. The van der Waals surface area contributed by atoms with Gasteiger partial charge >= 0.3 is 0 Å². The fourth-order valence-electron chi connectivity index (χ4n) is 4.08. The number of H-pyrrole nitrogens is 1. The summed E-state index contributed by atoms with van der Waals surface area (Å²) >= 11 is 0. The van der Waals surface area contributed by atoms with Crippen LogP contribution < -0.4 is 15.5 Å². The number of amides is 1. The summed E-state index contributed by atoms with van der Waals surface area (Å²) in [7, 11) is 0. The number of hydrogen-bond donors (Lipinski definition) is 4. The molecule has 6 heteroatoms. The monoisotopic (exact) mass is 405 g/mol. The van der Waals surface area contributed by atoms with Gasteiger partial charge in [0, 0.05) is 34.7 Å². The second-order valence-corrected chi connectivity index (χ2v) is 7.72. The highest BCUT2D eigenvalue weighted by atomic mass is 16.5. The smallest absolute Gasteiger partial charge is 0.281 e. The standard InChI is InChI=1S/C24H27N3O3/c1-16-24(21-4-2-3-5-22(21)26-16)18-8-10-19(11-9-18)25-14-17-6-12-20(13-7-17)30-15-23(28)27-29/h2-8,12-13,19,25-26,29H,9-11,14-15H2,1H3,(H,27,28). The topological polar surface area (TPSA) is 86.4 Å². The fourth-order valence-corrected chi connectivity index (χ4v) is 4.08. The van der Waals surface area contributed by atoms with Crippen LogP contribution in [0.1, 0.15) is 36.1 Å². The molecule has 0 fully saturated rings. The molecule has 4 rings (SSSR count). The van der Waals surface area contributed by atoms with E-state index in [1.54, 1.807) is 5.48 Å². The van der Waals surface area contributed by atoms with Crippen LogP contribution in [0.3, 0.4) is 0 Å². The first-order valence-corrected chi connectivity index (χ1v) is 10.3. The number of hydroxylamine groups is 1. The van der Waals surface area contributed by atoms with Crippen molar-refractivity contribution in [1.29, 1.82) is 0 Å². The van der Waals surface area contributed by atoms with E-state index in [2.05, 4.69) is 47.6 Å². The van der Waals surface area contributed by atoms with Crippen molar-refractivity contribution >= 4 is 22.4 Å². The lowest BCUT2D eigenvalue weighted by Gasteiger charge is -2.23. The minimum atomic E-state index is -0.576. The SMILES string of the molecule is Cc1[nH]c2ccccc2c1C1=CCC(NCc2ccc(OCC(=O)NO)cc2)CC1. The molecule has 1 amide bonds. The van der Waals surface area contributed by atoms with Crippen LogP contribution in [0.2, 0.25) is 0 Å². The van der Waals surface area contributed by atoms with Gasteiger partial charge in [0.25, 0.3) is 5.91 Å². The number of aromatic nitrogens is 1. The second kappa shape index (κ2) is 9.15. The molecular formula is C24H27N3O3. The molecule has 0 bridgehead atoms. The van der Waals surface area contributed by atoms with Crippen LogP contribution in [0, 0.1) is 6.92 Å². The molecule has 1 heterocycles. The molecule has 0 saturated heterocycles. The molecule has 1 aliphatic carbocycles. The lowest BCUT2D eigenvalue weighted by Crippen LogP contribution is -2.29. The molecule has 1 unspecified atom stereocenters. The zero-order valence-corrected chi connectivity index (χ0v) is 17.1. The summed E-state index contributed by atoms with van der Waals surface area (Å²) in [6.45, 7) is 2.74. The number of aryl methyl sites for hydroxylation is 1. The number of benzene rings is 2. The number of nitrogens with one attached hydrogen (secondary N) is 3. The fraction of sp³-hybridized carbons (Fsp3) is 0.292. The number of ether oxygens (including phenoxy) is 1. The quantitative estimate of drug-likeness (QED) is 0.352. The van der Waals surface area contributed by atoms with Gasteiger partial charge in [0.15, 0.2) is 6.61 Å². The van der Waals surface area contributed by atoms with Crippen molar-refractivity contribution in [2.24, 2.45) is 0 Å². The van der Waals surface area contributed by atoms with Gasteiger partial charge in [0.1, 0.15) is 5.75 Å². The zero-order valence-electron chi connectivity index (χ0n) is 17.1. The molecule has 2 aromatic carbocycles. The largest absolute Gasteiger partial charge is 0.484 e. The first kappa shape index (κ1) is 20.2. The third-order valence-corrected chi connectivity index (χ3v) is 5.64. The van der Waals surface area contributed by atoms with E-state index in [1.165, 1.54) is 27.7 Å². The number of aromatic amines is 1. The third kappa shape index (κ3) is 4.56. The highest BCUT2D eigenvalue weighted by Crippen LogP contribution is 2.34. The number of carbonyl (C=O) groups is 1. The Kier molecular flexibility index (Phi) is 6.16. The molecule has 156 valence electrons. The minimum absolute atomic E-state index is 0.208. The Morgan fingerprint density at radius 2 is 2.00 bits per heavy atom. The van der Waals surface area contributed by atoms with Crippen molar-refractivity contribution in [3.8, 4) is 5.75 Å². The number of rotatable bonds is 7. The zero-order chi connectivity index (χ0) is 20.9. The molecule has 4 N–H and O–H groups in total. The highest BCUT2D eigenvalue weighted by Gasteiger charge is 2.19. The summed E-state index contributed by atoms with van der Waals surface area (Å²) in [5.41, 5.74) is 7.97. The van der Waals surface area contributed by atoms with E-state index in [0.29, 0.717) is 11.8 Å². The van der Waals surface area contributed by atoms with Gasteiger partial charge < -0.3 is 15.0 Å². The summed E-state index contributed by atoms with van der Waals surface area (Å²) in [5.74, 6) is 0.0231.